The van der Waals surface area contributed by atoms with Gasteiger partial charge in [0, 0.05) is 37.1 Å². The number of hydrogen-bond donors (Lipinski definition) is 1. The Morgan fingerprint density at radius 1 is 1.20 bits per heavy atom. The van der Waals surface area contributed by atoms with Gasteiger partial charge in [0.05, 0.1) is 0 Å². The van der Waals surface area contributed by atoms with Crippen LogP contribution in [-0.2, 0) is 0 Å². The number of aromatic nitrogens is 2. The summed E-state index contributed by atoms with van der Waals surface area (Å²) in [5.74, 6) is 0.833. The van der Waals surface area contributed by atoms with E-state index in [0.29, 0.717) is 6.04 Å². The Hall–Kier alpha value is -1.94. The molecule has 1 saturated heterocycles. The minimum Gasteiger partial charge on any atom is -0.339 e. The number of hydrogen-bond acceptors (Lipinski definition) is 4. The molecule has 2 aromatic rings. The van der Waals surface area contributed by atoms with E-state index in [4.69, 9.17) is 0 Å². The Bertz CT molecular complexity index is 579. The molecule has 1 aliphatic heterocycles. The van der Waals surface area contributed by atoms with Crippen LogP contribution in [0.5, 0.6) is 0 Å². The molecule has 0 spiro atoms. The van der Waals surface area contributed by atoms with Gasteiger partial charge in [-0.05, 0) is 26.0 Å². The van der Waals surface area contributed by atoms with Crippen LogP contribution < -0.4 is 10.2 Å². The van der Waals surface area contributed by atoms with Crippen molar-refractivity contribution < 1.29 is 0 Å². The van der Waals surface area contributed by atoms with Crippen molar-refractivity contribution in [2.45, 2.75) is 19.4 Å². The highest BCUT2D eigenvalue weighted by molar-refractivity contribution is 5.62. The molecule has 2 heterocycles. The van der Waals surface area contributed by atoms with E-state index in [0.717, 1.165) is 31.0 Å². The molecule has 0 aliphatic carbocycles. The third kappa shape index (κ3) is 2.65. The van der Waals surface area contributed by atoms with Crippen LogP contribution in [0.1, 0.15) is 12.0 Å². The second kappa shape index (κ2) is 5.59. The van der Waals surface area contributed by atoms with Crippen molar-refractivity contribution in [2.24, 2.45) is 0 Å². The molecule has 0 radical (unpaired) electrons. The van der Waals surface area contributed by atoms with Crippen LogP contribution in [0.3, 0.4) is 0 Å². The van der Waals surface area contributed by atoms with E-state index in [1.165, 1.54) is 11.1 Å². The topological polar surface area (TPSA) is 41.0 Å². The molecule has 104 valence electrons. The van der Waals surface area contributed by atoms with Gasteiger partial charge in [0.15, 0.2) is 0 Å². The summed E-state index contributed by atoms with van der Waals surface area (Å²) in [4.78, 5) is 11.3. The molecule has 0 saturated carbocycles. The SMILES string of the molecule is CNC1CCN(c2ncc(-c3cccc(C)c3)cn2)C1. The third-order valence-corrected chi connectivity index (χ3v) is 3.87. The number of aryl methyl sites for hydroxylation is 1. The van der Waals surface area contributed by atoms with E-state index in [9.17, 15) is 0 Å². The lowest BCUT2D eigenvalue weighted by atomic mass is 10.1. The Kier molecular flexibility index (Phi) is 3.65. The van der Waals surface area contributed by atoms with Gasteiger partial charge in [-0.3, -0.25) is 0 Å². The van der Waals surface area contributed by atoms with Crippen molar-refractivity contribution in [1.82, 2.24) is 15.3 Å². The summed E-state index contributed by atoms with van der Waals surface area (Å²) in [5, 5.41) is 3.31. The molecular weight excluding hydrogens is 248 g/mol. The Balaban J connectivity index is 1.78. The molecule has 4 heteroatoms. The van der Waals surface area contributed by atoms with E-state index in [-0.39, 0.29) is 0 Å². The van der Waals surface area contributed by atoms with Crippen molar-refractivity contribution in [1.29, 1.82) is 0 Å². The largest absolute Gasteiger partial charge is 0.339 e. The molecule has 1 aromatic carbocycles. The molecule has 1 aliphatic rings. The summed E-state index contributed by atoms with van der Waals surface area (Å²) in [6, 6.07) is 8.97. The van der Waals surface area contributed by atoms with Crippen LogP contribution in [-0.4, -0.2) is 36.1 Å². The maximum Gasteiger partial charge on any atom is 0.225 e. The Labute approximate surface area is 119 Å². The lowest BCUT2D eigenvalue weighted by Crippen LogP contribution is -2.30. The normalized spacial score (nSPS) is 18.5. The first kappa shape index (κ1) is 13.1. The zero-order chi connectivity index (χ0) is 13.9. The van der Waals surface area contributed by atoms with Gasteiger partial charge >= 0.3 is 0 Å². The zero-order valence-electron chi connectivity index (χ0n) is 12.0. The lowest BCUT2D eigenvalue weighted by molar-refractivity contribution is 0.616. The first-order chi connectivity index (χ1) is 9.76. The smallest absolute Gasteiger partial charge is 0.225 e. The fourth-order valence-electron chi connectivity index (χ4n) is 2.64. The van der Waals surface area contributed by atoms with Crippen molar-refractivity contribution in [3.63, 3.8) is 0 Å². The maximum atomic E-state index is 4.52. The molecule has 1 unspecified atom stereocenters. The van der Waals surface area contributed by atoms with Gasteiger partial charge in [0.1, 0.15) is 0 Å². The summed E-state index contributed by atoms with van der Waals surface area (Å²) in [6.45, 7) is 4.11. The molecule has 1 N–H and O–H groups in total. The van der Waals surface area contributed by atoms with Gasteiger partial charge in [-0.25, -0.2) is 9.97 Å². The number of anilines is 1. The van der Waals surface area contributed by atoms with Gasteiger partial charge in [-0.15, -0.1) is 0 Å². The van der Waals surface area contributed by atoms with Crippen molar-refractivity contribution in [3.05, 3.63) is 42.2 Å². The monoisotopic (exact) mass is 268 g/mol. The number of nitrogens with one attached hydrogen (secondary N) is 1. The summed E-state index contributed by atoms with van der Waals surface area (Å²) in [7, 11) is 2.01. The van der Waals surface area contributed by atoms with Crippen LogP contribution in [0.2, 0.25) is 0 Å². The van der Waals surface area contributed by atoms with Crippen LogP contribution in [0.15, 0.2) is 36.7 Å². The molecule has 3 rings (SSSR count). The number of likely N-dealkylation sites (N-methyl/N-ethyl adjacent to an activating group) is 1. The van der Waals surface area contributed by atoms with E-state index in [1.54, 1.807) is 0 Å². The summed E-state index contributed by atoms with van der Waals surface area (Å²) in [5.41, 5.74) is 3.50. The number of benzene rings is 1. The minimum atomic E-state index is 0.551. The summed E-state index contributed by atoms with van der Waals surface area (Å²) < 4.78 is 0. The predicted octanol–water partition coefficient (Wildman–Crippen LogP) is 2.25. The summed E-state index contributed by atoms with van der Waals surface area (Å²) in [6.07, 6.45) is 4.99. The first-order valence-corrected chi connectivity index (χ1v) is 7.07. The lowest BCUT2D eigenvalue weighted by Gasteiger charge is -2.16. The highest BCUT2D eigenvalue weighted by atomic mass is 15.3. The van der Waals surface area contributed by atoms with Gasteiger partial charge in [0.25, 0.3) is 0 Å². The molecule has 1 atom stereocenters. The second-order valence-electron chi connectivity index (χ2n) is 5.36. The molecular formula is C16H20N4. The quantitative estimate of drug-likeness (QED) is 0.927. The van der Waals surface area contributed by atoms with Crippen LogP contribution in [0.25, 0.3) is 11.1 Å². The Morgan fingerprint density at radius 2 is 2.00 bits per heavy atom. The van der Waals surface area contributed by atoms with Gasteiger partial charge in [0.2, 0.25) is 5.95 Å². The third-order valence-electron chi connectivity index (χ3n) is 3.87. The van der Waals surface area contributed by atoms with Crippen LogP contribution in [0, 0.1) is 6.92 Å². The van der Waals surface area contributed by atoms with Crippen LogP contribution in [0.4, 0.5) is 5.95 Å². The molecule has 0 bridgehead atoms. The van der Waals surface area contributed by atoms with E-state index >= 15 is 0 Å². The van der Waals surface area contributed by atoms with Crippen molar-refractivity contribution in [2.75, 3.05) is 25.0 Å². The average Bonchev–Trinajstić information content (AvgIpc) is 2.96. The fraction of sp³-hybridized carbons (Fsp3) is 0.375. The highest BCUT2D eigenvalue weighted by Gasteiger charge is 2.22. The number of rotatable bonds is 3. The maximum absolute atomic E-state index is 4.52. The molecule has 0 amide bonds. The first-order valence-electron chi connectivity index (χ1n) is 7.07. The molecule has 20 heavy (non-hydrogen) atoms. The van der Waals surface area contributed by atoms with Gasteiger partial charge < -0.3 is 10.2 Å². The van der Waals surface area contributed by atoms with Crippen LogP contribution >= 0.6 is 0 Å². The average molecular weight is 268 g/mol. The Morgan fingerprint density at radius 3 is 2.65 bits per heavy atom. The fourth-order valence-corrected chi connectivity index (χ4v) is 2.64. The zero-order valence-corrected chi connectivity index (χ0v) is 12.0. The molecule has 1 aromatic heterocycles. The highest BCUT2D eigenvalue weighted by Crippen LogP contribution is 2.21. The second-order valence-corrected chi connectivity index (χ2v) is 5.36. The standard InChI is InChI=1S/C16H20N4/c1-12-4-3-5-13(8-12)14-9-18-16(19-10-14)20-7-6-15(11-20)17-2/h3-5,8-10,15,17H,6-7,11H2,1-2H3. The summed E-state index contributed by atoms with van der Waals surface area (Å²) >= 11 is 0. The minimum absolute atomic E-state index is 0.551. The van der Waals surface area contributed by atoms with E-state index in [2.05, 4.69) is 51.4 Å². The van der Waals surface area contributed by atoms with Crippen molar-refractivity contribution in [3.8, 4) is 11.1 Å². The van der Waals surface area contributed by atoms with Crippen molar-refractivity contribution >= 4 is 5.95 Å². The predicted molar refractivity (Wildman–Crippen MR) is 81.9 cm³/mol. The van der Waals surface area contributed by atoms with E-state index in [1.807, 2.05) is 19.4 Å². The van der Waals surface area contributed by atoms with E-state index < -0.39 is 0 Å². The molecule has 4 nitrogen and oxygen atoms in total. The van der Waals surface area contributed by atoms with Gasteiger partial charge in [-0.2, -0.15) is 0 Å². The van der Waals surface area contributed by atoms with Gasteiger partial charge in [-0.1, -0.05) is 29.8 Å². The number of nitrogens with zero attached hydrogens (tertiary/aromatic N) is 3. The molecule has 1 fully saturated rings.